The number of pyridine rings is 1. The molecule has 0 aliphatic carbocycles. The molecule has 1 aromatic carbocycles. The quantitative estimate of drug-likeness (QED) is 0.618. The summed E-state index contributed by atoms with van der Waals surface area (Å²) in [6.45, 7) is 0. The third kappa shape index (κ3) is 2.70. The number of benzene rings is 1. The number of anilines is 1. The minimum Gasteiger partial charge on any atom is -0.497 e. The first-order chi connectivity index (χ1) is 11.1. The number of rotatable bonds is 2. The van der Waals surface area contributed by atoms with Crippen LogP contribution in [-0.4, -0.2) is 29.4 Å². The van der Waals surface area contributed by atoms with Crippen molar-refractivity contribution in [2.75, 3.05) is 20.0 Å². The van der Waals surface area contributed by atoms with Gasteiger partial charge in [-0.3, -0.25) is 9.89 Å². The van der Waals surface area contributed by atoms with Crippen LogP contribution in [0.25, 0.3) is 10.9 Å². The number of ether oxygens (including phenoxy) is 2. The van der Waals surface area contributed by atoms with Crippen molar-refractivity contribution in [1.29, 1.82) is 0 Å². The highest BCUT2D eigenvalue weighted by molar-refractivity contribution is 5.93. The molecule has 2 aromatic heterocycles. The number of nitrogens with two attached hydrogens (primary N) is 1. The molecule has 0 radical (unpaired) electrons. The maximum atomic E-state index is 11.7. The molecule has 0 saturated carbocycles. The molecule has 0 saturated heterocycles. The molecule has 0 unspecified atom stereocenters. The Hall–Kier alpha value is -3.40. The van der Waals surface area contributed by atoms with E-state index in [4.69, 9.17) is 15.2 Å². The Labute approximate surface area is 131 Å². The van der Waals surface area contributed by atoms with Gasteiger partial charge in [0.05, 0.1) is 25.2 Å². The van der Waals surface area contributed by atoms with Crippen LogP contribution in [0.15, 0.2) is 29.2 Å². The van der Waals surface area contributed by atoms with Gasteiger partial charge in [0.15, 0.2) is 5.82 Å². The maximum Gasteiger partial charge on any atom is 0.273 e. The van der Waals surface area contributed by atoms with E-state index in [2.05, 4.69) is 27.0 Å². The van der Waals surface area contributed by atoms with E-state index in [1.165, 1.54) is 6.20 Å². The fraction of sp³-hybridized carbons (Fsp3) is 0.125. The Bertz CT molecular complexity index is 970. The highest BCUT2D eigenvalue weighted by Gasteiger charge is 2.09. The van der Waals surface area contributed by atoms with Gasteiger partial charge in [-0.25, -0.2) is 0 Å². The molecule has 2 heterocycles. The van der Waals surface area contributed by atoms with Crippen molar-refractivity contribution in [1.82, 2.24) is 15.2 Å². The number of fused-ring (bicyclic) bond motifs is 1. The van der Waals surface area contributed by atoms with E-state index in [-0.39, 0.29) is 11.4 Å². The summed E-state index contributed by atoms with van der Waals surface area (Å²) in [5, 5.41) is 6.97. The first-order valence-corrected chi connectivity index (χ1v) is 6.72. The monoisotopic (exact) mass is 310 g/mol. The van der Waals surface area contributed by atoms with Crippen LogP contribution < -0.4 is 20.8 Å². The summed E-state index contributed by atoms with van der Waals surface area (Å²) in [6, 6.07) is 5.34. The first-order valence-electron chi connectivity index (χ1n) is 6.72. The van der Waals surface area contributed by atoms with Crippen molar-refractivity contribution in [3.05, 3.63) is 45.9 Å². The summed E-state index contributed by atoms with van der Waals surface area (Å²) in [4.78, 5) is 14.3. The van der Waals surface area contributed by atoms with Crippen LogP contribution in [0.1, 0.15) is 11.1 Å². The highest BCUT2D eigenvalue weighted by Crippen LogP contribution is 2.22. The minimum atomic E-state index is -0.294. The zero-order valence-electron chi connectivity index (χ0n) is 12.6. The number of hydrogen-bond donors (Lipinski definition) is 3. The number of hydrogen-bond acceptors (Lipinski definition) is 5. The fourth-order valence-electron chi connectivity index (χ4n) is 2.19. The van der Waals surface area contributed by atoms with Crippen LogP contribution in [0.3, 0.4) is 0 Å². The Balaban J connectivity index is 2.11. The maximum absolute atomic E-state index is 11.7. The van der Waals surface area contributed by atoms with Gasteiger partial charge in [0.2, 0.25) is 0 Å². The SMILES string of the molecule is COc1cc(C#Cc2c[nH]c(=O)c3[nH]nc(N)c23)cc(OC)c1. The van der Waals surface area contributed by atoms with Gasteiger partial charge < -0.3 is 20.2 Å². The van der Waals surface area contributed by atoms with Gasteiger partial charge in [0.25, 0.3) is 5.56 Å². The lowest BCUT2D eigenvalue weighted by Crippen LogP contribution is -2.06. The van der Waals surface area contributed by atoms with Crippen molar-refractivity contribution < 1.29 is 9.47 Å². The molecule has 7 heteroatoms. The van der Waals surface area contributed by atoms with E-state index in [1.807, 2.05) is 0 Å². The van der Waals surface area contributed by atoms with Crippen LogP contribution >= 0.6 is 0 Å². The summed E-state index contributed by atoms with van der Waals surface area (Å²) in [6.07, 6.45) is 1.51. The molecule has 23 heavy (non-hydrogen) atoms. The third-order valence-electron chi connectivity index (χ3n) is 3.33. The Morgan fingerprint density at radius 2 is 1.83 bits per heavy atom. The van der Waals surface area contributed by atoms with Gasteiger partial charge in [-0.2, -0.15) is 5.10 Å². The lowest BCUT2D eigenvalue weighted by molar-refractivity contribution is 0.394. The van der Waals surface area contributed by atoms with Gasteiger partial charge in [-0.15, -0.1) is 0 Å². The molecule has 0 aliphatic rings. The zero-order valence-corrected chi connectivity index (χ0v) is 12.6. The second-order valence-electron chi connectivity index (χ2n) is 4.74. The van der Waals surface area contributed by atoms with E-state index in [1.54, 1.807) is 32.4 Å². The second-order valence-corrected chi connectivity index (χ2v) is 4.74. The molecule has 0 aliphatic heterocycles. The lowest BCUT2D eigenvalue weighted by Gasteiger charge is -2.04. The second kappa shape index (κ2) is 5.77. The number of methoxy groups -OCH3 is 2. The Kier molecular flexibility index (Phi) is 3.65. The molecular weight excluding hydrogens is 296 g/mol. The fourth-order valence-corrected chi connectivity index (χ4v) is 2.19. The van der Waals surface area contributed by atoms with Crippen LogP contribution in [-0.2, 0) is 0 Å². The normalized spacial score (nSPS) is 10.2. The number of H-pyrrole nitrogens is 2. The third-order valence-corrected chi connectivity index (χ3v) is 3.33. The minimum absolute atomic E-state index is 0.235. The average Bonchev–Trinajstić information content (AvgIpc) is 2.97. The van der Waals surface area contributed by atoms with Gasteiger partial charge in [-0.05, 0) is 12.1 Å². The number of aromatic amines is 2. The standard InChI is InChI=1S/C16H14N4O3/c1-22-11-5-9(6-12(7-11)23-2)3-4-10-8-18-16(21)14-13(10)15(17)20-19-14/h5-8H,1-2H3,(H,18,21)(H3,17,19,20). The molecule has 116 valence electrons. The summed E-state index contributed by atoms with van der Waals surface area (Å²) in [5.74, 6) is 7.52. The summed E-state index contributed by atoms with van der Waals surface area (Å²) in [7, 11) is 3.15. The van der Waals surface area contributed by atoms with Gasteiger partial charge >= 0.3 is 0 Å². The van der Waals surface area contributed by atoms with Gasteiger partial charge in [0, 0.05) is 17.8 Å². The van der Waals surface area contributed by atoms with Gasteiger partial charge in [-0.1, -0.05) is 11.8 Å². The Morgan fingerprint density at radius 3 is 2.48 bits per heavy atom. The largest absolute Gasteiger partial charge is 0.497 e. The van der Waals surface area contributed by atoms with Crippen LogP contribution in [0.5, 0.6) is 11.5 Å². The smallest absolute Gasteiger partial charge is 0.273 e. The number of aromatic nitrogens is 3. The summed E-state index contributed by atoms with van der Waals surface area (Å²) >= 11 is 0. The van der Waals surface area contributed by atoms with Crippen molar-refractivity contribution >= 4 is 16.7 Å². The van der Waals surface area contributed by atoms with Gasteiger partial charge in [0.1, 0.15) is 17.0 Å². The highest BCUT2D eigenvalue weighted by atomic mass is 16.5. The molecule has 0 atom stereocenters. The molecule has 4 N–H and O–H groups in total. The molecule has 0 amide bonds. The predicted octanol–water partition coefficient (Wildman–Crippen LogP) is 1.25. The molecule has 0 spiro atoms. The van der Waals surface area contributed by atoms with Crippen LogP contribution in [0.2, 0.25) is 0 Å². The van der Waals surface area contributed by atoms with Crippen molar-refractivity contribution in [2.24, 2.45) is 0 Å². The van der Waals surface area contributed by atoms with Crippen LogP contribution in [0, 0.1) is 11.8 Å². The number of nitrogens with zero attached hydrogens (tertiary/aromatic N) is 1. The molecule has 3 aromatic rings. The molecule has 0 fully saturated rings. The molecular formula is C16H14N4O3. The van der Waals surface area contributed by atoms with E-state index in [9.17, 15) is 4.79 Å². The van der Waals surface area contributed by atoms with E-state index < -0.39 is 0 Å². The molecule has 7 nitrogen and oxygen atoms in total. The van der Waals surface area contributed by atoms with E-state index >= 15 is 0 Å². The van der Waals surface area contributed by atoms with Crippen molar-refractivity contribution in [2.45, 2.75) is 0 Å². The van der Waals surface area contributed by atoms with Crippen molar-refractivity contribution in [3.8, 4) is 23.3 Å². The topological polar surface area (TPSA) is 106 Å². The average molecular weight is 310 g/mol. The molecule has 0 bridgehead atoms. The first kappa shape index (κ1) is 14.5. The van der Waals surface area contributed by atoms with E-state index in [0.29, 0.717) is 33.5 Å². The van der Waals surface area contributed by atoms with Crippen molar-refractivity contribution in [3.63, 3.8) is 0 Å². The number of nitrogens with one attached hydrogen (secondary N) is 2. The zero-order chi connectivity index (χ0) is 16.4. The number of nitrogen functional groups attached to an aromatic ring is 1. The summed E-state index contributed by atoms with van der Waals surface area (Å²) < 4.78 is 10.4. The summed E-state index contributed by atoms with van der Waals surface area (Å²) in [5.41, 5.74) is 7.10. The predicted molar refractivity (Wildman–Crippen MR) is 86.7 cm³/mol. The Morgan fingerprint density at radius 1 is 1.13 bits per heavy atom. The van der Waals surface area contributed by atoms with E-state index in [0.717, 1.165) is 0 Å². The lowest BCUT2D eigenvalue weighted by atomic mass is 10.1. The molecule has 3 rings (SSSR count). The van der Waals surface area contributed by atoms with Crippen LogP contribution in [0.4, 0.5) is 5.82 Å².